The minimum absolute atomic E-state index is 0.00730. The molecule has 0 aliphatic carbocycles. The third-order valence-corrected chi connectivity index (χ3v) is 7.96. The molecule has 0 fully saturated rings. The number of nitrogens with zero attached hydrogens (tertiary/aromatic N) is 2. The van der Waals surface area contributed by atoms with Crippen molar-refractivity contribution in [2.24, 2.45) is 0 Å². The van der Waals surface area contributed by atoms with Crippen LogP contribution in [-0.4, -0.2) is 50.4 Å². The Kier molecular flexibility index (Phi) is 10.3. The van der Waals surface area contributed by atoms with Gasteiger partial charge in [0.15, 0.2) is 0 Å². The van der Waals surface area contributed by atoms with Crippen molar-refractivity contribution in [2.45, 2.75) is 58.1 Å². The van der Waals surface area contributed by atoms with Crippen LogP contribution in [0.4, 0.5) is 10.1 Å². The molecule has 0 aliphatic rings. The Balaban J connectivity index is 2.08. The Morgan fingerprint density at radius 2 is 1.57 bits per heavy atom. The summed E-state index contributed by atoms with van der Waals surface area (Å²) in [4.78, 5) is 28.2. The van der Waals surface area contributed by atoms with E-state index in [-0.39, 0.29) is 29.8 Å². The van der Waals surface area contributed by atoms with E-state index in [9.17, 15) is 22.4 Å². The van der Waals surface area contributed by atoms with Crippen LogP contribution in [-0.2, 0) is 26.2 Å². The van der Waals surface area contributed by atoms with Crippen LogP contribution < -0.4 is 14.4 Å². The standard InChI is InChI=1S/C30H36FN3O5S/c1-6-39-28-10-8-7-9-27(28)34(40(37,38)26-17-11-22(4)12-18-26)20-29(35)33(23(5)30(36)32-21(2)3)19-24-13-15-25(31)16-14-24/h7-18,21,23H,6,19-20H2,1-5H3,(H,32,36)/t23-/m0/s1. The Hall–Kier alpha value is -3.92. The molecule has 1 atom stereocenters. The van der Waals surface area contributed by atoms with Crippen LogP contribution in [0.25, 0.3) is 0 Å². The lowest BCUT2D eigenvalue weighted by Gasteiger charge is -2.32. The minimum Gasteiger partial charge on any atom is -0.492 e. The lowest BCUT2D eigenvalue weighted by molar-refractivity contribution is -0.139. The van der Waals surface area contributed by atoms with Gasteiger partial charge in [0.1, 0.15) is 24.2 Å². The van der Waals surface area contributed by atoms with Gasteiger partial charge in [-0.2, -0.15) is 0 Å². The van der Waals surface area contributed by atoms with E-state index in [1.54, 1.807) is 64.1 Å². The summed E-state index contributed by atoms with van der Waals surface area (Å²) in [6, 6.07) is 17.4. The maximum Gasteiger partial charge on any atom is 0.264 e. The highest BCUT2D eigenvalue weighted by molar-refractivity contribution is 7.92. The molecule has 0 saturated heterocycles. The highest BCUT2D eigenvalue weighted by atomic mass is 32.2. The molecule has 0 spiro atoms. The molecule has 0 unspecified atom stereocenters. The molecule has 0 saturated carbocycles. The summed E-state index contributed by atoms with van der Waals surface area (Å²) in [7, 11) is -4.23. The average molecular weight is 570 g/mol. The Labute approximate surface area is 235 Å². The maximum atomic E-state index is 14.0. The molecule has 8 nitrogen and oxygen atoms in total. The molecule has 40 heavy (non-hydrogen) atoms. The first-order chi connectivity index (χ1) is 18.9. The SMILES string of the molecule is CCOc1ccccc1N(CC(=O)N(Cc1ccc(F)cc1)[C@@H](C)C(=O)NC(C)C)S(=O)(=O)c1ccc(C)cc1. The fourth-order valence-electron chi connectivity index (χ4n) is 4.07. The molecule has 3 rings (SSSR count). The third kappa shape index (κ3) is 7.59. The zero-order valence-corrected chi connectivity index (χ0v) is 24.2. The summed E-state index contributed by atoms with van der Waals surface area (Å²) < 4.78 is 48.3. The van der Waals surface area contributed by atoms with Crippen molar-refractivity contribution in [3.63, 3.8) is 0 Å². The van der Waals surface area contributed by atoms with E-state index in [0.717, 1.165) is 9.87 Å². The van der Waals surface area contributed by atoms with E-state index in [4.69, 9.17) is 4.74 Å². The Morgan fingerprint density at radius 3 is 2.17 bits per heavy atom. The zero-order valence-electron chi connectivity index (χ0n) is 23.4. The topological polar surface area (TPSA) is 96.0 Å². The molecule has 3 aromatic rings. The van der Waals surface area contributed by atoms with Crippen LogP contribution in [0.2, 0.25) is 0 Å². The van der Waals surface area contributed by atoms with Gasteiger partial charge in [-0.15, -0.1) is 0 Å². The molecule has 0 aliphatic heterocycles. The number of nitrogens with one attached hydrogen (secondary N) is 1. The normalized spacial score (nSPS) is 12.1. The molecule has 0 radical (unpaired) electrons. The number of anilines is 1. The lowest BCUT2D eigenvalue weighted by atomic mass is 10.1. The zero-order chi connectivity index (χ0) is 29.4. The van der Waals surface area contributed by atoms with Crippen molar-refractivity contribution in [3.8, 4) is 5.75 Å². The molecule has 3 aromatic carbocycles. The number of benzene rings is 3. The Morgan fingerprint density at radius 1 is 0.950 bits per heavy atom. The van der Waals surface area contributed by atoms with E-state index < -0.39 is 40.2 Å². The van der Waals surface area contributed by atoms with E-state index in [2.05, 4.69) is 5.32 Å². The highest BCUT2D eigenvalue weighted by Crippen LogP contribution is 2.33. The third-order valence-electron chi connectivity index (χ3n) is 6.19. The van der Waals surface area contributed by atoms with Crippen LogP contribution in [0.1, 0.15) is 38.8 Å². The molecular weight excluding hydrogens is 533 g/mol. The molecule has 0 heterocycles. The van der Waals surface area contributed by atoms with E-state index in [1.807, 2.05) is 6.92 Å². The predicted molar refractivity (Wildman–Crippen MR) is 153 cm³/mol. The minimum atomic E-state index is -4.23. The summed E-state index contributed by atoms with van der Waals surface area (Å²) in [5.74, 6) is -1.15. The molecule has 0 aromatic heterocycles. The second-order valence-corrected chi connectivity index (χ2v) is 11.6. The first kappa shape index (κ1) is 30.6. The van der Waals surface area contributed by atoms with Crippen LogP contribution in [0.15, 0.2) is 77.7 Å². The van der Waals surface area contributed by atoms with Crippen LogP contribution in [0.5, 0.6) is 5.75 Å². The molecule has 2 amide bonds. The van der Waals surface area contributed by atoms with Gasteiger partial charge in [0.2, 0.25) is 11.8 Å². The lowest BCUT2D eigenvalue weighted by Crippen LogP contribution is -2.52. The number of hydrogen-bond acceptors (Lipinski definition) is 5. The summed E-state index contributed by atoms with van der Waals surface area (Å²) in [6.45, 7) is 8.46. The van der Waals surface area contributed by atoms with Crippen LogP contribution in [0.3, 0.4) is 0 Å². The summed E-state index contributed by atoms with van der Waals surface area (Å²) in [5.41, 5.74) is 1.66. The quantitative estimate of drug-likeness (QED) is 0.342. The first-order valence-corrected chi connectivity index (χ1v) is 14.5. The average Bonchev–Trinajstić information content (AvgIpc) is 2.91. The van der Waals surface area contributed by atoms with Gasteiger partial charge >= 0.3 is 0 Å². The monoisotopic (exact) mass is 569 g/mol. The molecular formula is C30H36FN3O5S. The van der Waals surface area contributed by atoms with Gasteiger partial charge in [-0.25, -0.2) is 12.8 Å². The first-order valence-electron chi connectivity index (χ1n) is 13.1. The van der Waals surface area contributed by atoms with Gasteiger partial charge in [0.25, 0.3) is 10.0 Å². The van der Waals surface area contributed by atoms with Gasteiger partial charge in [-0.1, -0.05) is 42.0 Å². The second kappa shape index (κ2) is 13.4. The summed E-state index contributed by atoms with van der Waals surface area (Å²) in [6.07, 6.45) is 0. The molecule has 1 N–H and O–H groups in total. The predicted octanol–water partition coefficient (Wildman–Crippen LogP) is 4.67. The molecule has 214 valence electrons. The number of carbonyl (C=O) groups is 2. The number of amides is 2. The summed E-state index contributed by atoms with van der Waals surface area (Å²) in [5, 5.41) is 2.80. The van der Waals surface area contributed by atoms with Gasteiger partial charge in [0.05, 0.1) is 17.2 Å². The molecule has 0 bridgehead atoms. The Bertz CT molecular complexity index is 1410. The number of para-hydroxylation sites is 2. The number of sulfonamides is 1. The van der Waals surface area contributed by atoms with Crippen LogP contribution in [0, 0.1) is 12.7 Å². The van der Waals surface area contributed by atoms with Crippen molar-refractivity contribution in [3.05, 3.63) is 89.7 Å². The number of carbonyl (C=O) groups excluding carboxylic acids is 2. The van der Waals surface area contributed by atoms with E-state index in [0.29, 0.717) is 11.3 Å². The summed E-state index contributed by atoms with van der Waals surface area (Å²) >= 11 is 0. The van der Waals surface area contributed by atoms with Crippen molar-refractivity contribution in [1.82, 2.24) is 10.2 Å². The fraction of sp³-hybridized carbons (Fsp3) is 0.333. The van der Waals surface area contributed by atoms with Crippen molar-refractivity contribution < 1.29 is 27.1 Å². The maximum absolute atomic E-state index is 14.0. The molecule has 10 heteroatoms. The number of ether oxygens (including phenoxy) is 1. The number of aryl methyl sites for hydroxylation is 1. The van der Waals surface area contributed by atoms with Crippen molar-refractivity contribution in [1.29, 1.82) is 0 Å². The van der Waals surface area contributed by atoms with Gasteiger partial charge in [-0.05, 0) is 76.6 Å². The number of rotatable bonds is 12. The second-order valence-electron chi connectivity index (χ2n) is 9.71. The largest absolute Gasteiger partial charge is 0.492 e. The van der Waals surface area contributed by atoms with Gasteiger partial charge in [-0.3, -0.25) is 13.9 Å². The van der Waals surface area contributed by atoms with Gasteiger partial charge < -0.3 is 15.0 Å². The van der Waals surface area contributed by atoms with E-state index >= 15 is 0 Å². The van der Waals surface area contributed by atoms with Gasteiger partial charge in [0, 0.05) is 12.6 Å². The number of halogens is 1. The fourth-order valence-corrected chi connectivity index (χ4v) is 5.49. The number of hydrogen-bond donors (Lipinski definition) is 1. The van der Waals surface area contributed by atoms with E-state index in [1.165, 1.54) is 41.3 Å². The highest BCUT2D eigenvalue weighted by Gasteiger charge is 2.34. The van der Waals surface area contributed by atoms with Crippen LogP contribution >= 0.6 is 0 Å². The smallest absolute Gasteiger partial charge is 0.264 e. The van der Waals surface area contributed by atoms with Crippen molar-refractivity contribution in [2.75, 3.05) is 17.5 Å². The van der Waals surface area contributed by atoms with Crippen molar-refractivity contribution >= 4 is 27.5 Å².